The highest BCUT2D eigenvalue weighted by molar-refractivity contribution is 5.83. The van der Waals surface area contributed by atoms with Crippen molar-refractivity contribution in [2.24, 2.45) is 79.7 Å². The quantitative estimate of drug-likeness (QED) is 0.0306. The zero-order valence-electron chi connectivity index (χ0n) is 39.1. The minimum absolute atomic E-state index is 0.0431. The molecule has 0 fully saturated rings. The Labute approximate surface area is 363 Å². The van der Waals surface area contributed by atoms with Crippen molar-refractivity contribution in [1.29, 1.82) is 0 Å². The molecule has 17 heteroatoms. The maximum absolute atomic E-state index is 11.2. The smallest absolute Gasteiger partial charge is 0.185 e. The molecule has 0 saturated carbocycles. The van der Waals surface area contributed by atoms with E-state index < -0.39 is 0 Å². The number of hydrogen-bond donors (Lipinski definition) is 10. The van der Waals surface area contributed by atoms with Crippen LogP contribution in [-0.4, -0.2) is 73.6 Å². The molecule has 0 aromatic rings. The van der Waals surface area contributed by atoms with Crippen LogP contribution in [0.5, 0.6) is 0 Å². The summed E-state index contributed by atoms with van der Waals surface area (Å²) in [6, 6.07) is 0. The lowest BCUT2D eigenvalue weighted by molar-refractivity contribution is -0.122. The molecule has 0 aliphatic carbocycles. The number of nitrogens with two attached hydrogens (primary N) is 7. The fourth-order valence-corrected chi connectivity index (χ4v) is 3.84. The summed E-state index contributed by atoms with van der Waals surface area (Å²) in [7, 11) is 0. The minimum Gasteiger partial charge on any atom is -0.386 e. The van der Waals surface area contributed by atoms with E-state index >= 15 is 0 Å². The molecule has 0 atom stereocenters. The monoisotopic (exact) mass is 853 g/mol. The number of unbranched alkanes of at least 4 members (excludes halogenated alkanes) is 3. The first-order valence-electron chi connectivity index (χ1n) is 21.0. The molecule has 0 bridgehead atoms. The zero-order valence-corrected chi connectivity index (χ0v) is 39.1. The van der Waals surface area contributed by atoms with E-state index in [1.165, 1.54) is 0 Å². The van der Waals surface area contributed by atoms with Gasteiger partial charge in [-0.25, -0.2) is 0 Å². The van der Waals surface area contributed by atoms with Gasteiger partial charge in [-0.15, -0.1) is 0 Å². The van der Waals surface area contributed by atoms with Crippen molar-refractivity contribution in [3.05, 3.63) is 37.2 Å². The van der Waals surface area contributed by atoms with Crippen molar-refractivity contribution < 1.29 is 24.0 Å². The van der Waals surface area contributed by atoms with Crippen molar-refractivity contribution in [1.82, 2.24) is 16.0 Å². The standard InChI is InChI=1S/C11H22N2O.C9H19N3O.C9H18N2O.C7H15N3O.C7H14N2O/c1-9(2)11(14)7-5-4-6-8-13-10(3)12;1-7(2)8(13)5-3-4-6-12-9(10)11;1-7(2)9(12)5-4-6-11-8(3)10;1-5(2)6(11)3-4-10-7(8)9;1-5(2)7(10)4-9-6(3)8/h9,13H,3-8,12H2,1-2H3;7H,3-6H2,1-2H3,(H4,10,11,12);7,11H,3-6,10H2,1-2H3;5H,3-4H2,1-2H3,(H4,8,9,10);5,9H,3-4,8H2,1-2H3. The van der Waals surface area contributed by atoms with Crippen LogP contribution in [0.25, 0.3) is 0 Å². The summed E-state index contributed by atoms with van der Waals surface area (Å²) in [5.41, 5.74) is 36.2. The van der Waals surface area contributed by atoms with Gasteiger partial charge in [0.1, 0.15) is 23.1 Å². The summed E-state index contributed by atoms with van der Waals surface area (Å²) in [6.07, 6.45) is 8.06. The zero-order chi connectivity index (χ0) is 47.8. The van der Waals surface area contributed by atoms with Crippen LogP contribution in [0.3, 0.4) is 0 Å². The average molecular weight is 853 g/mol. The van der Waals surface area contributed by atoms with E-state index in [2.05, 4.69) is 45.7 Å². The van der Waals surface area contributed by atoms with Crippen LogP contribution in [0.1, 0.15) is 133 Å². The summed E-state index contributed by atoms with van der Waals surface area (Å²) in [6.45, 7) is 32.3. The molecule has 0 amide bonds. The molecule has 0 spiro atoms. The van der Waals surface area contributed by atoms with Gasteiger partial charge in [0.05, 0.1) is 24.0 Å². The summed E-state index contributed by atoms with van der Waals surface area (Å²) in [5.74, 6) is 3.40. The highest BCUT2D eigenvalue weighted by Crippen LogP contribution is 2.06. The summed E-state index contributed by atoms with van der Waals surface area (Å²) >= 11 is 0. The number of rotatable bonds is 28. The highest BCUT2D eigenvalue weighted by atomic mass is 16.1. The Morgan fingerprint density at radius 3 is 1.07 bits per heavy atom. The third-order valence-corrected chi connectivity index (χ3v) is 7.89. The van der Waals surface area contributed by atoms with Crippen molar-refractivity contribution in [2.45, 2.75) is 133 Å². The van der Waals surface area contributed by atoms with Gasteiger partial charge in [-0.05, 0) is 32.1 Å². The second kappa shape index (κ2) is 42.0. The number of Topliss-reactive ketones (excluding diaryl/α,β-unsaturated/α-hetero) is 5. The largest absolute Gasteiger partial charge is 0.386 e. The molecule has 0 aromatic carbocycles. The fourth-order valence-electron chi connectivity index (χ4n) is 3.84. The Balaban J connectivity index is -0.000000211. The number of nitrogens with zero attached hydrogens (tertiary/aromatic N) is 2. The van der Waals surface area contributed by atoms with E-state index in [1.807, 2.05) is 69.2 Å². The maximum Gasteiger partial charge on any atom is 0.185 e. The van der Waals surface area contributed by atoms with Crippen LogP contribution < -0.4 is 56.1 Å². The van der Waals surface area contributed by atoms with E-state index in [0.29, 0.717) is 73.6 Å². The first-order valence-corrected chi connectivity index (χ1v) is 21.0. The first-order chi connectivity index (χ1) is 27.7. The van der Waals surface area contributed by atoms with Crippen LogP contribution in [0.4, 0.5) is 0 Å². The number of ketones is 5. The average Bonchev–Trinajstić information content (AvgIpc) is 3.13. The molecule has 0 aromatic heterocycles. The van der Waals surface area contributed by atoms with Crippen molar-refractivity contribution in [3.63, 3.8) is 0 Å². The Morgan fingerprint density at radius 1 is 0.400 bits per heavy atom. The SMILES string of the molecule is C=C(N)NCC(=O)C(C)C.C=C(N)NCCCC(=O)C(C)C.C=C(N)NCCCCCC(=O)C(C)C.CC(C)C(=O)CCCCN=C(N)N.CC(C)C(=O)CCN=C(N)N. The predicted octanol–water partition coefficient (Wildman–Crippen LogP) is 3.56. The Kier molecular flexibility index (Phi) is 44.9. The molecule has 0 radical (unpaired) electrons. The number of hydrogen-bond acceptors (Lipinski definition) is 13. The van der Waals surface area contributed by atoms with Gasteiger partial charge in [0.25, 0.3) is 0 Å². The van der Waals surface area contributed by atoms with Gasteiger partial charge in [0, 0.05) is 81.5 Å². The van der Waals surface area contributed by atoms with Gasteiger partial charge in [0.15, 0.2) is 17.7 Å². The molecule has 0 aliphatic heterocycles. The second-order valence-corrected chi connectivity index (χ2v) is 15.6. The molecule has 350 valence electrons. The number of carbonyl (C=O) groups excluding carboxylic acids is 5. The topological polar surface area (TPSA) is 328 Å². The number of aliphatic imine (C=N–C) groups is 2. The van der Waals surface area contributed by atoms with E-state index in [0.717, 1.165) is 51.6 Å². The molecule has 0 heterocycles. The van der Waals surface area contributed by atoms with Gasteiger partial charge in [-0.2, -0.15) is 0 Å². The molecule has 17 nitrogen and oxygen atoms in total. The first kappa shape index (κ1) is 64.1. The maximum atomic E-state index is 11.2. The molecule has 0 aliphatic rings. The lowest BCUT2D eigenvalue weighted by Gasteiger charge is -2.05. The summed E-state index contributed by atoms with van der Waals surface area (Å²) < 4.78 is 0. The van der Waals surface area contributed by atoms with Crippen molar-refractivity contribution in [2.75, 3.05) is 32.7 Å². The molecular weight excluding hydrogens is 765 g/mol. The van der Waals surface area contributed by atoms with Gasteiger partial charge in [-0.1, -0.05) is 95.4 Å². The van der Waals surface area contributed by atoms with E-state index in [4.69, 9.17) is 40.1 Å². The van der Waals surface area contributed by atoms with Crippen molar-refractivity contribution in [3.8, 4) is 0 Å². The fraction of sp³-hybridized carbons (Fsp3) is 0.698. The van der Waals surface area contributed by atoms with E-state index in [-0.39, 0.29) is 59.6 Å². The third-order valence-electron chi connectivity index (χ3n) is 7.89. The van der Waals surface area contributed by atoms with Crippen LogP contribution in [-0.2, 0) is 24.0 Å². The van der Waals surface area contributed by atoms with Gasteiger partial charge in [0.2, 0.25) is 0 Å². The number of guanidine groups is 2. The van der Waals surface area contributed by atoms with E-state index in [1.54, 1.807) is 0 Å². The Morgan fingerprint density at radius 2 is 0.717 bits per heavy atom. The minimum atomic E-state index is 0.0431. The highest BCUT2D eigenvalue weighted by Gasteiger charge is 2.08. The third kappa shape index (κ3) is 57.2. The Hall–Kier alpha value is -5.09. The van der Waals surface area contributed by atoms with Gasteiger partial charge >= 0.3 is 0 Å². The Bertz CT molecular complexity index is 1280. The molecule has 60 heavy (non-hydrogen) atoms. The molecule has 17 N–H and O–H groups in total. The lowest BCUT2D eigenvalue weighted by atomic mass is 10.0. The summed E-state index contributed by atoms with van der Waals surface area (Å²) in [5, 5.41) is 8.49. The van der Waals surface area contributed by atoms with Gasteiger partial charge < -0.3 is 56.1 Å². The van der Waals surface area contributed by atoms with Crippen LogP contribution in [0.2, 0.25) is 0 Å². The van der Waals surface area contributed by atoms with Crippen LogP contribution in [0.15, 0.2) is 47.2 Å². The van der Waals surface area contributed by atoms with Crippen molar-refractivity contribution >= 4 is 40.8 Å². The molecule has 0 saturated heterocycles. The van der Waals surface area contributed by atoms with E-state index in [9.17, 15) is 24.0 Å². The lowest BCUT2D eigenvalue weighted by Crippen LogP contribution is -2.28. The number of carbonyl (C=O) groups is 5. The van der Waals surface area contributed by atoms with Gasteiger partial charge in [-0.3, -0.25) is 34.0 Å². The molecule has 0 unspecified atom stereocenters. The molecule has 0 rings (SSSR count). The number of nitrogens with one attached hydrogen (secondary N) is 3. The summed E-state index contributed by atoms with van der Waals surface area (Å²) in [4.78, 5) is 62.9. The molecular formula is C43H88N12O5. The second-order valence-electron chi connectivity index (χ2n) is 15.6. The predicted molar refractivity (Wildman–Crippen MR) is 251 cm³/mol. The van der Waals surface area contributed by atoms with Crippen LogP contribution >= 0.6 is 0 Å². The van der Waals surface area contributed by atoms with Crippen LogP contribution in [0, 0.1) is 29.6 Å². The normalized spacial score (nSPS) is 9.92.